The number of esters is 1. The zero-order valence-electron chi connectivity index (χ0n) is 18.1. The molecule has 0 fully saturated rings. The molecule has 0 saturated heterocycles. The highest BCUT2D eigenvalue weighted by molar-refractivity contribution is 7.19. The summed E-state index contributed by atoms with van der Waals surface area (Å²) in [5.41, 5.74) is 1.78. The number of nitrogens with one attached hydrogen (secondary N) is 2. The van der Waals surface area contributed by atoms with Crippen LogP contribution in [0.3, 0.4) is 0 Å². The molecule has 1 heterocycles. The average Bonchev–Trinajstić information content (AvgIpc) is 3.10. The van der Waals surface area contributed by atoms with E-state index in [0.717, 1.165) is 16.9 Å². The normalized spacial score (nSPS) is 10.4. The molecule has 3 rings (SSSR count). The number of anilines is 2. The van der Waals surface area contributed by atoms with E-state index in [0.29, 0.717) is 11.1 Å². The molecule has 33 heavy (non-hydrogen) atoms. The van der Waals surface area contributed by atoms with E-state index < -0.39 is 22.7 Å². The van der Waals surface area contributed by atoms with E-state index in [2.05, 4.69) is 10.6 Å². The van der Waals surface area contributed by atoms with E-state index in [9.17, 15) is 24.5 Å². The Hall–Kier alpha value is -4.05. The van der Waals surface area contributed by atoms with E-state index in [1.807, 2.05) is 13.0 Å². The number of amides is 2. The Morgan fingerprint density at radius 1 is 1.03 bits per heavy atom. The largest absolute Gasteiger partial charge is 0.462 e. The first-order valence-electron chi connectivity index (χ1n) is 9.95. The fourth-order valence-electron chi connectivity index (χ4n) is 3.11. The van der Waals surface area contributed by atoms with E-state index >= 15 is 0 Å². The van der Waals surface area contributed by atoms with Crippen LogP contribution in [0.5, 0.6) is 0 Å². The quantitative estimate of drug-likeness (QED) is 0.287. The number of aryl methyl sites for hydroxylation is 1. The standard InChI is InChI=1S/C23H21N3O6S/c1-4-32-23(29)18-14(3)19(21(28)24-16-9-6-10-17(12-16)26(30)31)33-22(18)25-20(27)15-8-5-7-13(2)11-15/h5-12H,4H2,1-3H3,(H,24,28)(H,25,27). The lowest BCUT2D eigenvalue weighted by Gasteiger charge is -2.07. The molecule has 0 bridgehead atoms. The first-order valence-corrected chi connectivity index (χ1v) is 10.8. The van der Waals surface area contributed by atoms with Gasteiger partial charge < -0.3 is 15.4 Å². The predicted molar refractivity (Wildman–Crippen MR) is 125 cm³/mol. The molecule has 2 aromatic carbocycles. The number of hydrogen-bond donors (Lipinski definition) is 2. The third kappa shape index (κ3) is 5.42. The molecule has 1 aromatic heterocycles. The molecule has 0 aliphatic carbocycles. The summed E-state index contributed by atoms with van der Waals surface area (Å²) < 4.78 is 5.12. The van der Waals surface area contributed by atoms with E-state index in [1.165, 1.54) is 24.3 Å². The number of benzene rings is 2. The molecule has 0 radical (unpaired) electrons. The molecule has 9 nitrogen and oxygen atoms in total. The predicted octanol–water partition coefficient (Wildman–Crippen LogP) is 4.95. The average molecular weight is 468 g/mol. The topological polar surface area (TPSA) is 128 Å². The number of nitrogens with zero attached hydrogens (tertiary/aromatic N) is 1. The van der Waals surface area contributed by atoms with Crippen LogP contribution >= 0.6 is 11.3 Å². The smallest absolute Gasteiger partial charge is 0.341 e. The second-order valence-electron chi connectivity index (χ2n) is 7.07. The van der Waals surface area contributed by atoms with Gasteiger partial charge in [-0.25, -0.2) is 4.79 Å². The SMILES string of the molecule is CCOC(=O)c1c(NC(=O)c2cccc(C)c2)sc(C(=O)Nc2cccc([N+](=O)[O-])c2)c1C. The summed E-state index contributed by atoms with van der Waals surface area (Å²) in [4.78, 5) is 48.9. The summed E-state index contributed by atoms with van der Waals surface area (Å²) >= 11 is 0.927. The number of rotatable bonds is 7. The van der Waals surface area contributed by atoms with Gasteiger partial charge in [-0.2, -0.15) is 0 Å². The second-order valence-corrected chi connectivity index (χ2v) is 8.09. The lowest BCUT2D eigenvalue weighted by Crippen LogP contribution is -2.15. The highest BCUT2D eigenvalue weighted by atomic mass is 32.1. The van der Waals surface area contributed by atoms with Crippen LogP contribution in [0.2, 0.25) is 0 Å². The van der Waals surface area contributed by atoms with Gasteiger partial charge >= 0.3 is 5.97 Å². The van der Waals surface area contributed by atoms with Gasteiger partial charge in [-0.1, -0.05) is 23.8 Å². The van der Waals surface area contributed by atoms with Crippen LogP contribution in [0.4, 0.5) is 16.4 Å². The highest BCUT2D eigenvalue weighted by Gasteiger charge is 2.27. The van der Waals surface area contributed by atoms with E-state index in [1.54, 1.807) is 32.0 Å². The number of nitro benzene ring substituents is 1. The number of nitro groups is 1. The zero-order chi connectivity index (χ0) is 24.1. The first kappa shape index (κ1) is 23.6. The Labute approximate surface area is 193 Å². The molecule has 0 aliphatic heterocycles. The van der Waals surface area contributed by atoms with Crippen LogP contribution < -0.4 is 10.6 Å². The molecule has 2 N–H and O–H groups in total. The van der Waals surface area contributed by atoms with Crippen molar-refractivity contribution in [2.45, 2.75) is 20.8 Å². The van der Waals surface area contributed by atoms with Gasteiger partial charge in [0.1, 0.15) is 5.00 Å². The van der Waals surface area contributed by atoms with Crippen molar-refractivity contribution < 1.29 is 24.0 Å². The van der Waals surface area contributed by atoms with E-state index in [4.69, 9.17) is 4.74 Å². The van der Waals surface area contributed by atoms with Crippen molar-refractivity contribution in [1.29, 1.82) is 0 Å². The second kappa shape index (κ2) is 10.0. The summed E-state index contributed by atoms with van der Waals surface area (Å²) in [6, 6.07) is 12.4. The van der Waals surface area contributed by atoms with Gasteiger partial charge in [-0.15, -0.1) is 11.3 Å². The summed E-state index contributed by atoms with van der Waals surface area (Å²) in [6.45, 7) is 5.20. The first-order chi connectivity index (χ1) is 15.7. The summed E-state index contributed by atoms with van der Waals surface area (Å²) in [7, 11) is 0. The molecular weight excluding hydrogens is 446 g/mol. The van der Waals surface area contributed by atoms with Crippen molar-refractivity contribution in [3.8, 4) is 0 Å². The summed E-state index contributed by atoms with van der Waals surface area (Å²) in [6.07, 6.45) is 0. The van der Waals surface area contributed by atoms with Crippen LogP contribution in [-0.4, -0.2) is 29.3 Å². The van der Waals surface area contributed by atoms with Gasteiger partial charge in [-0.3, -0.25) is 19.7 Å². The van der Waals surface area contributed by atoms with Crippen molar-refractivity contribution in [3.05, 3.63) is 85.8 Å². The molecule has 3 aromatic rings. The van der Waals surface area contributed by atoms with Gasteiger partial charge in [0.15, 0.2) is 0 Å². The number of non-ortho nitro benzene ring substituents is 1. The van der Waals surface area contributed by atoms with Crippen LogP contribution in [0, 0.1) is 24.0 Å². The lowest BCUT2D eigenvalue weighted by atomic mass is 10.1. The maximum atomic E-state index is 12.9. The molecule has 0 unspecified atom stereocenters. The highest BCUT2D eigenvalue weighted by Crippen LogP contribution is 2.35. The minimum atomic E-state index is -0.666. The third-order valence-corrected chi connectivity index (χ3v) is 5.86. The van der Waals surface area contributed by atoms with Crippen LogP contribution in [0.25, 0.3) is 0 Å². The van der Waals surface area contributed by atoms with Crippen LogP contribution in [0.15, 0.2) is 48.5 Å². The summed E-state index contributed by atoms with van der Waals surface area (Å²) in [5.74, 6) is -1.67. The number of carbonyl (C=O) groups excluding carboxylic acids is 3. The molecule has 170 valence electrons. The fraction of sp³-hybridized carbons (Fsp3) is 0.174. The van der Waals surface area contributed by atoms with Crippen molar-refractivity contribution >= 4 is 45.5 Å². The van der Waals surface area contributed by atoms with Crippen molar-refractivity contribution in [3.63, 3.8) is 0 Å². The third-order valence-electron chi connectivity index (χ3n) is 4.65. The maximum absolute atomic E-state index is 12.9. The molecule has 10 heteroatoms. The van der Waals surface area contributed by atoms with Crippen LogP contribution in [-0.2, 0) is 4.74 Å². The Morgan fingerprint density at radius 3 is 2.42 bits per heavy atom. The molecule has 0 spiro atoms. The maximum Gasteiger partial charge on any atom is 0.341 e. The van der Waals surface area contributed by atoms with Gasteiger partial charge in [0.2, 0.25) is 0 Å². The lowest BCUT2D eigenvalue weighted by molar-refractivity contribution is -0.384. The van der Waals surface area contributed by atoms with Gasteiger partial charge in [-0.05, 0) is 44.5 Å². The number of hydrogen-bond acceptors (Lipinski definition) is 7. The Balaban J connectivity index is 1.94. The van der Waals surface area contributed by atoms with E-state index in [-0.39, 0.29) is 33.4 Å². The molecule has 0 atom stereocenters. The summed E-state index contributed by atoms with van der Waals surface area (Å²) in [5, 5.41) is 16.5. The monoisotopic (exact) mass is 467 g/mol. The van der Waals surface area contributed by atoms with Crippen LogP contribution in [0.1, 0.15) is 48.4 Å². The fourth-order valence-corrected chi connectivity index (χ4v) is 4.20. The molecular formula is C23H21N3O6S. The van der Waals surface area contributed by atoms with Gasteiger partial charge in [0.25, 0.3) is 17.5 Å². The van der Waals surface area contributed by atoms with Crippen molar-refractivity contribution in [2.24, 2.45) is 0 Å². The Morgan fingerprint density at radius 2 is 1.76 bits per heavy atom. The molecule has 0 aliphatic rings. The van der Waals surface area contributed by atoms with Gasteiger partial charge in [0, 0.05) is 23.4 Å². The Kier molecular flexibility index (Phi) is 7.19. The number of carbonyl (C=O) groups is 3. The van der Waals surface area contributed by atoms with Crippen molar-refractivity contribution in [1.82, 2.24) is 0 Å². The minimum absolute atomic E-state index is 0.0899. The number of ether oxygens (including phenoxy) is 1. The van der Waals surface area contributed by atoms with Gasteiger partial charge in [0.05, 0.1) is 22.0 Å². The van der Waals surface area contributed by atoms with Crippen molar-refractivity contribution in [2.75, 3.05) is 17.2 Å². The molecule has 0 saturated carbocycles. The molecule has 2 amide bonds. The minimum Gasteiger partial charge on any atom is -0.462 e. The Bertz CT molecular complexity index is 1250. The zero-order valence-corrected chi connectivity index (χ0v) is 18.9. The number of thiophene rings is 1.